The number of nitrogens with one attached hydrogen (secondary N) is 1. The fourth-order valence-corrected chi connectivity index (χ4v) is 2.51. The molecule has 0 amide bonds. The van der Waals surface area contributed by atoms with Gasteiger partial charge in [0.2, 0.25) is 0 Å². The zero-order chi connectivity index (χ0) is 11.4. The number of hydrogen-bond acceptors (Lipinski definition) is 1. The molecule has 2 atom stereocenters. The Hall–Kier alpha value is -0.890. The van der Waals surface area contributed by atoms with Gasteiger partial charge in [-0.05, 0) is 55.8 Å². The minimum absolute atomic E-state index is 0.132. The summed E-state index contributed by atoms with van der Waals surface area (Å²) in [7, 11) is 0. The van der Waals surface area contributed by atoms with Crippen LogP contribution >= 0.6 is 0 Å². The SMILES string of the molecule is CC1CCC(NCCc2cccc(F)c2)C1. The van der Waals surface area contributed by atoms with E-state index in [4.69, 9.17) is 0 Å². The molecule has 0 radical (unpaired) electrons. The number of rotatable bonds is 4. The summed E-state index contributed by atoms with van der Waals surface area (Å²) in [4.78, 5) is 0. The summed E-state index contributed by atoms with van der Waals surface area (Å²) >= 11 is 0. The molecule has 2 heteroatoms. The van der Waals surface area contributed by atoms with Gasteiger partial charge in [-0.1, -0.05) is 19.1 Å². The van der Waals surface area contributed by atoms with Crippen LogP contribution in [0.3, 0.4) is 0 Å². The van der Waals surface area contributed by atoms with E-state index in [2.05, 4.69) is 12.2 Å². The van der Waals surface area contributed by atoms with Crippen molar-refractivity contribution >= 4 is 0 Å². The average Bonchev–Trinajstić information content (AvgIpc) is 2.64. The molecule has 0 spiro atoms. The van der Waals surface area contributed by atoms with Gasteiger partial charge in [-0.3, -0.25) is 0 Å². The molecule has 16 heavy (non-hydrogen) atoms. The van der Waals surface area contributed by atoms with E-state index in [1.807, 2.05) is 6.07 Å². The highest BCUT2D eigenvalue weighted by Gasteiger charge is 2.20. The summed E-state index contributed by atoms with van der Waals surface area (Å²) in [6.45, 7) is 3.27. The van der Waals surface area contributed by atoms with Crippen LogP contribution in [-0.4, -0.2) is 12.6 Å². The maximum Gasteiger partial charge on any atom is 0.123 e. The van der Waals surface area contributed by atoms with E-state index in [0.29, 0.717) is 6.04 Å². The maximum atomic E-state index is 12.9. The van der Waals surface area contributed by atoms with Crippen LogP contribution in [0.1, 0.15) is 31.7 Å². The van der Waals surface area contributed by atoms with Crippen molar-refractivity contribution in [3.63, 3.8) is 0 Å². The molecule has 2 rings (SSSR count). The monoisotopic (exact) mass is 221 g/mol. The first kappa shape index (κ1) is 11.6. The fourth-order valence-electron chi connectivity index (χ4n) is 2.51. The van der Waals surface area contributed by atoms with Gasteiger partial charge in [0.05, 0.1) is 0 Å². The highest BCUT2D eigenvalue weighted by atomic mass is 19.1. The minimum atomic E-state index is -0.132. The zero-order valence-corrected chi connectivity index (χ0v) is 9.88. The fraction of sp³-hybridized carbons (Fsp3) is 0.571. The summed E-state index contributed by atoms with van der Waals surface area (Å²) in [5.41, 5.74) is 1.08. The topological polar surface area (TPSA) is 12.0 Å². The van der Waals surface area contributed by atoms with Crippen molar-refractivity contribution < 1.29 is 4.39 Å². The van der Waals surface area contributed by atoms with Gasteiger partial charge in [0.15, 0.2) is 0 Å². The number of benzene rings is 1. The first-order valence-corrected chi connectivity index (χ1v) is 6.22. The lowest BCUT2D eigenvalue weighted by molar-refractivity contribution is 0.505. The van der Waals surface area contributed by atoms with Gasteiger partial charge in [0.1, 0.15) is 5.82 Å². The Labute approximate surface area is 97.1 Å². The van der Waals surface area contributed by atoms with Gasteiger partial charge in [0.25, 0.3) is 0 Å². The molecular weight excluding hydrogens is 201 g/mol. The predicted molar refractivity (Wildman–Crippen MR) is 64.9 cm³/mol. The van der Waals surface area contributed by atoms with E-state index in [0.717, 1.165) is 24.4 Å². The van der Waals surface area contributed by atoms with Crippen molar-refractivity contribution in [2.45, 2.75) is 38.6 Å². The lowest BCUT2D eigenvalue weighted by Gasteiger charge is -2.12. The van der Waals surface area contributed by atoms with E-state index in [1.165, 1.54) is 25.3 Å². The maximum absolute atomic E-state index is 12.9. The molecule has 1 nitrogen and oxygen atoms in total. The second kappa shape index (κ2) is 5.44. The van der Waals surface area contributed by atoms with E-state index in [1.54, 1.807) is 12.1 Å². The van der Waals surface area contributed by atoms with E-state index < -0.39 is 0 Å². The van der Waals surface area contributed by atoms with Crippen LogP contribution in [0.15, 0.2) is 24.3 Å². The van der Waals surface area contributed by atoms with E-state index in [-0.39, 0.29) is 5.82 Å². The summed E-state index contributed by atoms with van der Waals surface area (Å²) in [6, 6.07) is 7.57. The predicted octanol–water partition coefficient (Wildman–Crippen LogP) is 3.15. The molecule has 0 bridgehead atoms. The molecule has 1 aromatic carbocycles. The molecule has 1 fully saturated rings. The first-order valence-electron chi connectivity index (χ1n) is 6.22. The number of hydrogen-bond donors (Lipinski definition) is 1. The molecule has 1 aromatic rings. The Bertz CT molecular complexity index is 337. The van der Waals surface area contributed by atoms with Crippen LogP contribution < -0.4 is 5.32 Å². The van der Waals surface area contributed by atoms with Gasteiger partial charge in [-0.2, -0.15) is 0 Å². The van der Waals surface area contributed by atoms with Crippen molar-refractivity contribution in [3.05, 3.63) is 35.6 Å². The third-order valence-electron chi connectivity index (χ3n) is 3.43. The normalized spacial score (nSPS) is 24.9. The van der Waals surface area contributed by atoms with Crippen molar-refractivity contribution in [2.75, 3.05) is 6.54 Å². The standard InChI is InChI=1S/C14H20FN/c1-11-5-6-14(9-11)16-8-7-12-3-2-4-13(15)10-12/h2-4,10-11,14,16H,5-9H2,1H3. The Morgan fingerprint density at radius 3 is 2.94 bits per heavy atom. The van der Waals surface area contributed by atoms with Crippen LogP contribution in [0.25, 0.3) is 0 Å². The van der Waals surface area contributed by atoms with Crippen molar-refractivity contribution in [1.82, 2.24) is 5.32 Å². The van der Waals surface area contributed by atoms with Crippen LogP contribution in [-0.2, 0) is 6.42 Å². The molecule has 1 N–H and O–H groups in total. The summed E-state index contributed by atoms with van der Waals surface area (Å²) in [5.74, 6) is 0.735. The molecule has 1 aliphatic rings. The quantitative estimate of drug-likeness (QED) is 0.823. The van der Waals surface area contributed by atoms with Crippen LogP contribution in [0.4, 0.5) is 4.39 Å². The van der Waals surface area contributed by atoms with Crippen LogP contribution in [0, 0.1) is 11.7 Å². The molecule has 0 aromatic heterocycles. The van der Waals surface area contributed by atoms with Crippen molar-refractivity contribution in [3.8, 4) is 0 Å². The molecule has 0 saturated heterocycles. The third kappa shape index (κ3) is 3.31. The van der Waals surface area contributed by atoms with Gasteiger partial charge in [-0.25, -0.2) is 4.39 Å². The summed E-state index contributed by atoms with van der Waals surface area (Å²) in [5, 5.41) is 3.56. The highest BCUT2D eigenvalue weighted by Crippen LogP contribution is 2.24. The molecule has 88 valence electrons. The largest absolute Gasteiger partial charge is 0.314 e. The molecular formula is C14H20FN. The molecule has 1 aliphatic carbocycles. The second-order valence-electron chi connectivity index (χ2n) is 4.95. The first-order chi connectivity index (χ1) is 7.74. The summed E-state index contributed by atoms with van der Waals surface area (Å²) in [6.07, 6.45) is 4.85. The van der Waals surface area contributed by atoms with E-state index in [9.17, 15) is 4.39 Å². The van der Waals surface area contributed by atoms with Gasteiger partial charge in [0, 0.05) is 6.04 Å². The van der Waals surface area contributed by atoms with E-state index >= 15 is 0 Å². The van der Waals surface area contributed by atoms with Gasteiger partial charge >= 0.3 is 0 Å². The minimum Gasteiger partial charge on any atom is -0.314 e. The third-order valence-corrected chi connectivity index (χ3v) is 3.43. The zero-order valence-electron chi connectivity index (χ0n) is 9.88. The van der Waals surface area contributed by atoms with Crippen LogP contribution in [0.2, 0.25) is 0 Å². The highest BCUT2D eigenvalue weighted by molar-refractivity contribution is 5.16. The number of halogens is 1. The Kier molecular flexibility index (Phi) is 3.94. The molecule has 1 saturated carbocycles. The lowest BCUT2D eigenvalue weighted by Crippen LogP contribution is -2.28. The molecule has 2 unspecified atom stereocenters. The van der Waals surface area contributed by atoms with Crippen molar-refractivity contribution in [2.24, 2.45) is 5.92 Å². The van der Waals surface area contributed by atoms with Gasteiger partial charge in [-0.15, -0.1) is 0 Å². The average molecular weight is 221 g/mol. The Morgan fingerprint density at radius 2 is 2.25 bits per heavy atom. The van der Waals surface area contributed by atoms with Gasteiger partial charge < -0.3 is 5.32 Å². The van der Waals surface area contributed by atoms with Crippen LogP contribution in [0.5, 0.6) is 0 Å². The Balaban J connectivity index is 1.72. The smallest absolute Gasteiger partial charge is 0.123 e. The second-order valence-corrected chi connectivity index (χ2v) is 4.95. The lowest BCUT2D eigenvalue weighted by atomic mass is 10.1. The van der Waals surface area contributed by atoms with Crippen molar-refractivity contribution in [1.29, 1.82) is 0 Å². The molecule has 0 heterocycles. The summed E-state index contributed by atoms with van der Waals surface area (Å²) < 4.78 is 12.9. The molecule has 0 aliphatic heterocycles. The Morgan fingerprint density at radius 1 is 1.38 bits per heavy atom.